The van der Waals surface area contributed by atoms with Crippen molar-refractivity contribution in [2.75, 3.05) is 0 Å². The molecule has 0 saturated heterocycles. The summed E-state index contributed by atoms with van der Waals surface area (Å²) in [5.41, 5.74) is -0.954. The minimum atomic E-state index is -4.53. The van der Waals surface area contributed by atoms with E-state index in [4.69, 9.17) is 0 Å². The molecule has 6 nitrogen and oxygen atoms in total. The lowest BCUT2D eigenvalue weighted by molar-refractivity contribution is -0.138. The topological polar surface area (TPSA) is 91.1 Å². The molecule has 0 unspecified atom stereocenters. The van der Waals surface area contributed by atoms with Gasteiger partial charge in [0.1, 0.15) is 11.8 Å². The van der Waals surface area contributed by atoms with Crippen molar-refractivity contribution in [2.24, 2.45) is 0 Å². The van der Waals surface area contributed by atoms with Crippen molar-refractivity contribution in [3.05, 3.63) is 71.4 Å². The minimum absolute atomic E-state index is 0.0111. The molecular formula is C21H10F6N6. The van der Waals surface area contributed by atoms with Gasteiger partial charge in [0.2, 0.25) is 0 Å². The third-order valence-corrected chi connectivity index (χ3v) is 4.60. The first-order valence-corrected chi connectivity index (χ1v) is 9.12. The maximum Gasteiger partial charge on any atom is 0.416 e. The van der Waals surface area contributed by atoms with Crippen molar-refractivity contribution >= 4 is 0 Å². The number of hydrogen-bond acceptors (Lipinski definition) is 5. The van der Waals surface area contributed by atoms with Crippen molar-refractivity contribution in [1.29, 1.82) is 5.26 Å². The third-order valence-electron chi connectivity index (χ3n) is 4.60. The molecule has 12 heteroatoms. The number of nitrogens with zero attached hydrogens (tertiary/aromatic N) is 5. The normalized spacial score (nSPS) is 11.9. The summed E-state index contributed by atoms with van der Waals surface area (Å²) in [5.74, 6) is -0.0111. The van der Waals surface area contributed by atoms with Crippen LogP contribution in [0.4, 0.5) is 26.3 Å². The first-order chi connectivity index (χ1) is 15.6. The summed E-state index contributed by atoms with van der Waals surface area (Å²) in [6, 6.07) is 11.5. The second-order valence-corrected chi connectivity index (χ2v) is 6.74. The molecule has 0 atom stereocenters. The zero-order valence-electron chi connectivity index (χ0n) is 16.2. The minimum Gasteiger partial charge on any atom is -0.228 e. The molecule has 0 aliphatic carbocycles. The van der Waals surface area contributed by atoms with Crippen LogP contribution in [-0.4, -0.2) is 25.4 Å². The van der Waals surface area contributed by atoms with E-state index in [1.54, 1.807) is 0 Å². The Kier molecular flexibility index (Phi) is 5.33. The summed E-state index contributed by atoms with van der Waals surface area (Å²) in [7, 11) is 0. The van der Waals surface area contributed by atoms with Crippen LogP contribution < -0.4 is 0 Å². The SMILES string of the molecule is N#Cc1n[nH]nc1-c1cc(-c2ccc(C(F)(F)F)cc2)nc(-c2ccc(C(F)(F)F)cc2)n1. The Labute approximate surface area is 181 Å². The number of nitriles is 1. The number of rotatable bonds is 3. The van der Waals surface area contributed by atoms with Crippen LogP contribution in [0, 0.1) is 11.3 Å². The Morgan fingerprint density at radius 1 is 0.697 bits per heavy atom. The number of halogens is 6. The van der Waals surface area contributed by atoms with E-state index in [9.17, 15) is 31.6 Å². The average Bonchev–Trinajstić information content (AvgIpc) is 3.27. The summed E-state index contributed by atoms with van der Waals surface area (Å²) < 4.78 is 77.4. The van der Waals surface area contributed by atoms with Crippen molar-refractivity contribution < 1.29 is 26.3 Å². The molecule has 2 aromatic heterocycles. The van der Waals surface area contributed by atoms with Crippen LogP contribution >= 0.6 is 0 Å². The highest BCUT2D eigenvalue weighted by molar-refractivity contribution is 5.72. The zero-order valence-corrected chi connectivity index (χ0v) is 16.2. The van der Waals surface area contributed by atoms with E-state index in [0.29, 0.717) is 5.56 Å². The van der Waals surface area contributed by atoms with Gasteiger partial charge in [-0.3, -0.25) is 0 Å². The summed E-state index contributed by atoms with van der Waals surface area (Å²) in [4.78, 5) is 8.59. The molecule has 0 saturated carbocycles. The van der Waals surface area contributed by atoms with E-state index >= 15 is 0 Å². The number of benzene rings is 2. The van der Waals surface area contributed by atoms with Crippen LogP contribution in [0.2, 0.25) is 0 Å². The van der Waals surface area contributed by atoms with E-state index < -0.39 is 23.5 Å². The molecule has 0 radical (unpaired) electrons. The van der Waals surface area contributed by atoms with Gasteiger partial charge in [-0.25, -0.2) is 9.97 Å². The molecule has 0 aliphatic rings. The lowest BCUT2D eigenvalue weighted by atomic mass is 10.1. The van der Waals surface area contributed by atoms with Crippen molar-refractivity contribution in [1.82, 2.24) is 25.4 Å². The molecule has 2 heterocycles. The van der Waals surface area contributed by atoms with Crippen LogP contribution in [0.25, 0.3) is 34.0 Å². The van der Waals surface area contributed by atoms with Gasteiger partial charge in [-0.1, -0.05) is 24.3 Å². The number of alkyl halides is 6. The zero-order chi connectivity index (χ0) is 23.8. The van der Waals surface area contributed by atoms with Crippen LogP contribution in [0.15, 0.2) is 54.6 Å². The fourth-order valence-corrected chi connectivity index (χ4v) is 2.97. The molecule has 166 valence electrons. The summed E-state index contributed by atoms with van der Waals surface area (Å²) in [6.45, 7) is 0. The Bertz CT molecular complexity index is 1260. The van der Waals surface area contributed by atoms with Gasteiger partial charge in [0, 0.05) is 11.1 Å². The highest BCUT2D eigenvalue weighted by Gasteiger charge is 2.31. The van der Waals surface area contributed by atoms with E-state index in [-0.39, 0.29) is 34.2 Å². The Morgan fingerprint density at radius 2 is 1.21 bits per heavy atom. The molecule has 0 amide bonds. The molecule has 1 N–H and O–H groups in total. The molecule has 0 spiro atoms. The molecule has 4 rings (SSSR count). The smallest absolute Gasteiger partial charge is 0.228 e. The first kappa shape index (κ1) is 21.9. The quantitative estimate of drug-likeness (QED) is 0.408. The van der Waals surface area contributed by atoms with Crippen LogP contribution in [0.5, 0.6) is 0 Å². The van der Waals surface area contributed by atoms with Crippen molar-refractivity contribution in [3.8, 4) is 40.1 Å². The molecule has 33 heavy (non-hydrogen) atoms. The second kappa shape index (κ2) is 8.01. The van der Waals surface area contributed by atoms with Crippen LogP contribution in [0.1, 0.15) is 16.8 Å². The largest absolute Gasteiger partial charge is 0.416 e. The monoisotopic (exact) mass is 460 g/mol. The average molecular weight is 460 g/mol. The van der Waals surface area contributed by atoms with Crippen LogP contribution in [0.3, 0.4) is 0 Å². The van der Waals surface area contributed by atoms with Gasteiger partial charge >= 0.3 is 12.4 Å². The lowest BCUT2D eigenvalue weighted by Crippen LogP contribution is -2.05. The van der Waals surface area contributed by atoms with Crippen molar-refractivity contribution in [3.63, 3.8) is 0 Å². The van der Waals surface area contributed by atoms with E-state index in [0.717, 1.165) is 24.3 Å². The molecule has 0 fully saturated rings. The second-order valence-electron chi connectivity index (χ2n) is 6.74. The number of aromatic amines is 1. The standard InChI is InChI=1S/C21H10F6N6/c22-20(23,24)13-5-1-11(2-6-13)15-9-16(18-17(10-28)31-33-32-18)30-19(29-15)12-3-7-14(8-4-12)21(25,26)27/h1-9H,(H,31,32,33). The van der Waals surface area contributed by atoms with Crippen LogP contribution in [-0.2, 0) is 12.4 Å². The molecule has 0 aliphatic heterocycles. The predicted molar refractivity (Wildman–Crippen MR) is 103 cm³/mol. The summed E-state index contributed by atoms with van der Waals surface area (Å²) in [5, 5.41) is 19.1. The fourth-order valence-electron chi connectivity index (χ4n) is 2.97. The molecular weight excluding hydrogens is 450 g/mol. The maximum atomic E-state index is 12.9. The number of nitrogens with one attached hydrogen (secondary N) is 1. The maximum absolute atomic E-state index is 12.9. The summed E-state index contributed by atoms with van der Waals surface area (Å²) in [6.07, 6.45) is -9.06. The predicted octanol–water partition coefficient (Wildman–Crippen LogP) is 5.50. The number of aromatic nitrogens is 5. The lowest BCUT2D eigenvalue weighted by Gasteiger charge is -2.11. The van der Waals surface area contributed by atoms with Gasteiger partial charge in [-0.15, -0.1) is 5.10 Å². The molecule has 4 aromatic rings. The first-order valence-electron chi connectivity index (χ1n) is 9.12. The van der Waals surface area contributed by atoms with Gasteiger partial charge in [0.25, 0.3) is 0 Å². The Balaban J connectivity index is 1.85. The Hall–Kier alpha value is -4.27. The van der Waals surface area contributed by atoms with E-state index in [2.05, 4.69) is 25.4 Å². The molecule has 0 bridgehead atoms. The van der Waals surface area contributed by atoms with Gasteiger partial charge in [-0.2, -0.15) is 41.9 Å². The van der Waals surface area contributed by atoms with Gasteiger partial charge < -0.3 is 0 Å². The highest BCUT2D eigenvalue weighted by Crippen LogP contribution is 2.33. The van der Waals surface area contributed by atoms with Gasteiger partial charge in [0.05, 0.1) is 22.5 Å². The van der Waals surface area contributed by atoms with Gasteiger partial charge in [0.15, 0.2) is 11.5 Å². The third kappa shape index (κ3) is 4.52. The van der Waals surface area contributed by atoms with E-state index in [1.165, 1.54) is 30.3 Å². The highest BCUT2D eigenvalue weighted by atomic mass is 19.4. The fraction of sp³-hybridized carbons (Fsp3) is 0.0952. The molecule has 2 aromatic carbocycles. The Morgan fingerprint density at radius 3 is 1.73 bits per heavy atom. The number of H-pyrrole nitrogens is 1. The number of hydrogen-bond donors (Lipinski definition) is 1. The van der Waals surface area contributed by atoms with E-state index in [1.807, 2.05) is 6.07 Å². The van der Waals surface area contributed by atoms with Gasteiger partial charge in [-0.05, 0) is 30.3 Å². The van der Waals surface area contributed by atoms with Crippen molar-refractivity contribution in [2.45, 2.75) is 12.4 Å². The summed E-state index contributed by atoms with van der Waals surface area (Å²) >= 11 is 0.